The van der Waals surface area contributed by atoms with Gasteiger partial charge in [0.15, 0.2) is 0 Å². The smallest absolute Gasteiger partial charge is 0.234 e. The first-order valence-electron chi connectivity index (χ1n) is 7.38. The van der Waals surface area contributed by atoms with Crippen molar-refractivity contribution in [2.75, 3.05) is 20.2 Å². The summed E-state index contributed by atoms with van der Waals surface area (Å²) < 4.78 is 7.75. The van der Waals surface area contributed by atoms with Crippen LogP contribution in [0.25, 0.3) is 17.0 Å². The van der Waals surface area contributed by atoms with Crippen LogP contribution in [0.4, 0.5) is 0 Å². The van der Waals surface area contributed by atoms with E-state index < -0.39 is 0 Å². The molecule has 0 unspecified atom stereocenters. The summed E-state index contributed by atoms with van der Waals surface area (Å²) >= 11 is 0. The molecule has 5 nitrogen and oxygen atoms in total. The summed E-state index contributed by atoms with van der Waals surface area (Å²) in [6.07, 6.45) is 5.59. The molecule has 114 valence electrons. The van der Waals surface area contributed by atoms with Crippen LogP contribution in [0.1, 0.15) is 11.1 Å². The maximum absolute atomic E-state index is 5.73. The molecular weight excluding hydrogens is 276 g/mol. The van der Waals surface area contributed by atoms with Gasteiger partial charge in [0, 0.05) is 30.7 Å². The fourth-order valence-electron chi connectivity index (χ4n) is 2.58. The van der Waals surface area contributed by atoms with E-state index in [1.807, 2.05) is 29.9 Å². The summed E-state index contributed by atoms with van der Waals surface area (Å²) in [5.74, 6) is 1.61. The zero-order valence-corrected chi connectivity index (χ0v) is 13.1. The van der Waals surface area contributed by atoms with E-state index in [0.29, 0.717) is 12.4 Å². The SMILES string of the molecule is CNCCOc1ccc(-c2c(C)cnc3nccn23)c(C)c1. The quantitative estimate of drug-likeness (QED) is 0.735. The van der Waals surface area contributed by atoms with Gasteiger partial charge in [-0.2, -0.15) is 0 Å². The molecule has 0 atom stereocenters. The first-order valence-corrected chi connectivity index (χ1v) is 7.38. The zero-order chi connectivity index (χ0) is 15.5. The highest BCUT2D eigenvalue weighted by atomic mass is 16.5. The predicted octanol–water partition coefficient (Wildman–Crippen LogP) is 2.61. The first-order chi connectivity index (χ1) is 10.7. The maximum atomic E-state index is 5.73. The van der Waals surface area contributed by atoms with Crippen LogP contribution in [0, 0.1) is 13.8 Å². The number of aromatic nitrogens is 3. The van der Waals surface area contributed by atoms with Gasteiger partial charge >= 0.3 is 0 Å². The number of likely N-dealkylation sites (N-methyl/N-ethyl adjacent to an activating group) is 1. The Morgan fingerprint density at radius 3 is 2.82 bits per heavy atom. The standard InChI is InChI=1S/C17H20N4O/c1-12-10-14(22-9-7-18-3)4-5-15(12)16-13(2)11-20-17-19-6-8-21(16)17/h4-6,8,10-11,18H,7,9H2,1-3H3. The van der Waals surface area contributed by atoms with Crippen molar-refractivity contribution < 1.29 is 4.74 Å². The minimum absolute atomic E-state index is 0.662. The molecule has 1 N–H and O–H groups in total. The number of fused-ring (bicyclic) bond motifs is 1. The second kappa shape index (κ2) is 6.15. The van der Waals surface area contributed by atoms with E-state index >= 15 is 0 Å². The van der Waals surface area contributed by atoms with Crippen LogP contribution in [-0.2, 0) is 0 Å². The number of nitrogens with zero attached hydrogens (tertiary/aromatic N) is 3. The number of ether oxygens (including phenoxy) is 1. The van der Waals surface area contributed by atoms with Crippen molar-refractivity contribution in [2.45, 2.75) is 13.8 Å². The van der Waals surface area contributed by atoms with Crippen molar-refractivity contribution in [3.63, 3.8) is 0 Å². The van der Waals surface area contributed by atoms with Crippen LogP contribution in [-0.4, -0.2) is 34.6 Å². The lowest BCUT2D eigenvalue weighted by Crippen LogP contribution is -2.15. The summed E-state index contributed by atoms with van der Waals surface area (Å²) in [6.45, 7) is 5.66. The van der Waals surface area contributed by atoms with E-state index in [2.05, 4.69) is 41.3 Å². The predicted molar refractivity (Wildman–Crippen MR) is 87.3 cm³/mol. The first kappa shape index (κ1) is 14.5. The average Bonchev–Trinajstić information content (AvgIpc) is 2.97. The lowest BCUT2D eigenvalue weighted by Gasteiger charge is -2.13. The summed E-state index contributed by atoms with van der Waals surface area (Å²) in [6, 6.07) is 6.19. The van der Waals surface area contributed by atoms with Crippen LogP contribution in [0.3, 0.4) is 0 Å². The maximum Gasteiger partial charge on any atom is 0.234 e. The molecule has 0 saturated heterocycles. The number of aryl methyl sites for hydroxylation is 2. The summed E-state index contributed by atoms with van der Waals surface area (Å²) in [5.41, 5.74) is 4.59. The van der Waals surface area contributed by atoms with Crippen molar-refractivity contribution >= 4 is 5.78 Å². The van der Waals surface area contributed by atoms with Gasteiger partial charge in [0.25, 0.3) is 0 Å². The van der Waals surface area contributed by atoms with Crippen LogP contribution in [0.2, 0.25) is 0 Å². The molecule has 1 aromatic carbocycles. The van der Waals surface area contributed by atoms with E-state index in [1.165, 1.54) is 11.1 Å². The lowest BCUT2D eigenvalue weighted by atomic mass is 10.0. The van der Waals surface area contributed by atoms with Gasteiger partial charge in [-0.15, -0.1) is 0 Å². The van der Waals surface area contributed by atoms with Crippen LogP contribution in [0.15, 0.2) is 36.8 Å². The third-order valence-corrected chi connectivity index (χ3v) is 3.68. The molecule has 3 rings (SSSR count). The molecule has 0 saturated carbocycles. The molecule has 0 fully saturated rings. The Kier molecular flexibility index (Phi) is 4.06. The Bertz CT molecular complexity index is 794. The minimum Gasteiger partial charge on any atom is -0.492 e. The van der Waals surface area contributed by atoms with E-state index in [0.717, 1.165) is 23.6 Å². The van der Waals surface area contributed by atoms with E-state index in [9.17, 15) is 0 Å². The van der Waals surface area contributed by atoms with Crippen molar-refractivity contribution in [2.24, 2.45) is 0 Å². The zero-order valence-electron chi connectivity index (χ0n) is 13.1. The van der Waals surface area contributed by atoms with Gasteiger partial charge in [-0.25, -0.2) is 9.97 Å². The Morgan fingerprint density at radius 1 is 1.18 bits per heavy atom. The molecule has 22 heavy (non-hydrogen) atoms. The monoisotopic (exact) mass is 296 g/mol. The van der Waals surface area contributed by atoms with Gasteiger partial charge in [-0.1, -0.05) is 0 Å². The molecule has 5 heteroatoms. The highest BCUT2D eigenvalue weighted by molar-refractivity contribution is 5.69. The molecule has 0 bridgehead atoms. The van der Waals surface area contributed by atoms with E-state index in [4.69, 9.17) is 4.74 Å². The van der Waals surface area contributed by atoms with Crippen LogP contribution < -0.4 is 10.1 Å². The van der Waals surface area contributed by atoms with Gasteiger partial charge in [0.1, 0.15) is 12.4 Å². The van der Waals surface area contributed by atoms with Gasteiger partial charge < -0.3 is 10.1 Å². The number of hydrogen-bond donors (Lipinski definition) is 1. The van der Waals surface area contributed by atoms with Crippen LogP contribution >= 0.6 is 0 Å². The second-order valence-electron chi connectivity index (χ2n) is 5.32. The number of hydrogen-bond acceptors (Lipinski definition) is 4. The fourth-order valence-corrected chi connectivity index (χ4v) is 2.58. The molecule has 2 aromatic heterocycles. The summed E-state index contributed by atoms with van der Waals surface area (Å²) in [5, 5.41) is 3.07. The van der Waals surface area contributed by atoms with Crippen molar-refractivity contribution in [3.8, 4) is 17.0 Å². The highest BCUT2D eigenvalue weighted by Gasteiger charge is 2.11. The molecule has 3 aromatic rings. The number of imidazole rings is 1. The topological polar surface area (TPSA) is 51.5 Å². The molecular formula is C17H20N4O. The van der Waals surface area contributed by atoms with E-state index in [-0.39, 0.29) is 0 Å². The third-order valence-electron chi connectivity index (χ3n) is 3.68. The molecule has 2 heterocycles. The van der Waals surface area contributed by atoms with Gasteiger partial charge in [0.05, 0.1) is 5.69 Å². The second-order valence-corrected chi connectivity index (χ2v) is 5.32. The Labute approximate surface area is 130 Å². The van der Waals surface area contributed by atoms with Crippen molar-refractivity contribution in [1.29, 1.82) is 0 Å². The number of benzene rings is 1. The molecule has 0 aliphatic heterocycles. The average molecular weight is 296 g/mol. The Hall–Kier alpha value is -2.40. The molecule has 0 amide bonds. The lowest BCUT2D eigenvalue weighted by molar-refractivity contribution is 0.318. The van der Waals surface area contributed by atoms with Crippen LogP contribution in [0.5, 0.6) is 5.75 Å². The Balaban J connectivity index is 2.00. The largest absolute Gasteiger partial charge is 0.492 e. The molecule has 0 aliphatic carbocycles. The van der Waals surface area contributed by atoms with E-state index in [1.54, 1.807) is 6.20 Å². The fraction of sp³-hybridized carbons (Fsp3) is 0.294. The Morgan fingerprint density at radius 2 is 2.05 bits per heavy atom. The molecule has 0 aliphatic rings. The number of rotatable bonds is 5. The molecule has 0 radical (unpaired) electrons. The highest BCUT2D eigenvalue weighted by Crippen LogP contribution is 2.29. The van der Waals surface area contributed by atoms with Crippen molar-refractivity contribution in [3.05, 3.63) is 47.9 Å². The number of nitrogens with one attached hydrogen (secondary N) is 1. The van der Waals surface area contributed by atoms with Gasteiger partial charge in [-0.3, -0.25) is 4.40 Å². The normalized spacial score (nSPS) is 11.0. The van der Waals surface area contributed by atoms with Crippen molar-refractivity contribution in [1.82, 2.24) is 19.7 Å². The van der Waals surface area contributed by atoms with Gasteiger partial charge in [0.2, 0.25) is 5.78 Å². The van der Waals surface area contributed by atoms with Gasteiger partial charge in [-0.05, 0) is 50.2 Å². The molecule has 0 spiro atoms. The minimum atomic E-state index is 0.662. The summed E-state index contributed by atoms with van der Waals surface area (Å²) in [7, 11) is 1.92. The third kappa shape index (κ3) is 2.67. The summed E-state index contributed by atoms with van der Waals surface area (Å²) in [4.78, 5) is 8.61.